The smallest absolute Gasteiger partial charge is 0.374 e. The number of hydrogen-bond acceptors (Lipinski definition) is 6. The van der Waals surface area contributed by atoms with Crippen molar-refractivity contribution >= 4 is 29.5 Å². The first-order chi connectivity index (χ1) is 14.2. The monoisotopic (exact) mass is 459 g/mol. The van der Waals surface area contributed by atoms with Crippen molar-refractivity contribution in [3.63, 3.8) is 0 Å². The molecule has 0 heterocycles. The number of ketones is 1. The van der Waals surface area contributed by atoms with Crippen molar-refractivity contribution in [2.24, 2.45) is 0 Å². The highest BCUT2D eigenvalue weighted by Gasteiger charge is 2.34. The fraction of sp³-hybridized carbons (Fsp3) is 0.706. The number of amides is 2. The first-order valence-corrected chi connectivity index (χ1v) is 9.16. The van der Waals surface area contributed by atoms with Crippen LogP contribution in [0.4, 0.5) is 17.6 Å². The van der Waals surface area contributed by atoms with Crippen LogP contribution >= 0.6 is 0 Å². The van der Waals surface area contributed by atoms with Crippen molar-refractivity contribution < 1.29 is 51.7 Å². The molecule has 31 heavy (non-hydrogen) atoms. The van der Waals surface area contributed by atoms with Gasteiger partial charge in [-0.05, 0) is 6.42 Å². The van der Waals surface area contributed by atoms with Crippen LogP contribution in [-0.4, -0.2) is 76.8 Å². The Morgan fingerprint density at radius 1 is 0.774 bits per heavy atom. The average Bonchev–Trinajstić information content (AvgIpc) is 2.61. The lowest BCUT2D eigenvalue weighted by atomic mass is 10.1. The summed E-state index contributed by atoms with van der Waals surface area (Å²) < 4.78 is 51.0. The Hall–Kier alpha value is -2.77. The normalized spacial score (nSPS) is 14.2. The van der Waals surface area contributed by atoms with E-state index in [0.717, 1.165) is 0 Å². The van der Waals surface area contributed by atoms with Crippen molar-refractivity contribution in [2.75, 3.05) is 0 Å². The minimum Gasteiger partial charge on any atom is -0.481 e. The van der Waals surface area contributed by atoms with Crippen molar-refractivity contribution in [1.29, 1.82) is 0 Å². The van der Waals surface area contributed by atoms with Crippen LogP contribution in [0.5, 0.6) is 0 Å². The molecule has 0 fully saturated rings. The van der Waals surface area contributed by atoms with Gasteiger partial charge in [-0.15, -0.1) is 0 Å². The van der Waals surface area contributed by atoms with Crippen LogP contribution in [0.3, 0.4) is 0 Å². The standard InChI is InChI=1S/C17H25F4N3O7/c1-7(2)22-8(3-4-13(25)26)15(28)24-10(6-12(20)21)16(29)23-9(5-11(18)19)14(27)17(30)31/h7-12,22H,3-6H2,1-2H3,(H,23,29)(H,24,28)(H,25,26)(H,30,31). The number of carboxylic acid groups (broad SMARTS) is 2. The van der Waals surface area contributed by atoms with E-state index < -0.39 is 79.8 Å². The number of carbonyl (C=O) groups is 5. The summed E-state index contributed by atoms with van der Waals surface area (Å²) in [6, 6.07) is -5.69. The van der Waals surface area contributed by atoms with E-state index >= 15 is 0 Å². The minimum absolute atomic E-state index is 0.242. The Morgan fingerprint density at radius 3 is 1.65 bits per heavy atom. The van der Waals surface area contributed by atoms with Gasteiger partial charge in [0.15, 0.2) is 0 Å². The van der Waals surface area contributed by atoms with E-state index in [1.165, 1.54) is 0 Å². The second-order valence-electron chi connectivity index (χ2n) is 6.85. The summed E-state index contributed by atoms with van der Waals surface area (Å²) in [5.41, 5.74) is 0. The molecule has 0 radical (unpaired) electrons. The molecule has 178 valence electrons. The number of alkyl halides is 4. The molecule has 0 aliphatic carbocycles. The number of halogens is 4. The van der Waals surface area contributed by atoms with E-state index in [-0.39, 0.29) is 12.5 Å². The Kier molecular flexibility index (Phi) is 12.3. The summed E-state index contributed by atoms with van der Waals surface area (Å²) in [6.07, 6.45) is -9.64. The first-order valence-electron chi connectivity index (χ1n) is 9.16. The molecule has 14 heteroatoms. The van der Waals surface area contributed by atoms with Crippen LogP contribution in [0.2, 0.25) is 0 Å². The van der Waals surface area contributed by atoms with Crippen LogP contribution in [0.15, 0.2) is 0 Å². The predicted molar refractivity (Wildman–Crippen MR) is 96.7 cm³/mol. The van der Waals surface area contributed by atoms with Crippen LogP contribution in [-0.2, 0) is 24.0 Å². The van der Waals surface area contributed by atoms with E-state index in [2.05, 4.69) is 5.32 Å². The molecule has 10 nitrogen and oxygen atoms in total. The number of carbonyl (C=O) groups excluding carboxylic acids is 3. The van der Waals surface area contributed by atoms with Gasteiger partial charge in [0.2, 0.25) is 24.7 Å². The Morgan fingerprint density at radius 2 is 1.23 bits per heavy atom. The third-order valence-electron chi connectivity index (χ3n) is 3.80. The number of rotatable bonds is 15. The highest BCUT2D eigenvalue weighted by molar-refractivity contribution is 6.35. The van der Waals surface area contributed by atoms with Gasteiger partial charge in [0, 0.05) is 25.3 Å². The van der Waals surface area contributed by atoms with E-state index in [0.29, 0.717) is 0 Å². The second kappa shape index (κ2) is 13.5. The van der Waals surface area contributed by atoms with Gasteiger partial charge < -0.3 is 26.2 Å². The molecule has 5 N–H and O–H groups in total. The SMILES string of the molecule is CC(C)NC(CCC(=O)O)C(=O)NC(CC(F)F)C(=O)NC(CC(F)F)C(=O)C(=O)O. The molecule has 0 aromatic heterocycles. The zero-order chi connectivity index (χ0) is 24.3. The van der Waals surface area contributed by atoms with Crippen LogP contribution in [0.1, 0.15) is 39.5 Å². The molecule has 0 bridgehead atoms. The number of Topliss-reactive ketones (excluding diaryl/α,β-unsaturated/α-hetero) is 1. The maximum Gasteiger partial charge on any atom is 0.374 e. The highest BCUT2D eigenvalue weighted by Crippen LogP contribution is 2.10. The van der Waals surface area contributed by atoms with E-state index in [4.69, 9.17) is 10.2 Å². The van der Waals surface area contributed by atoms with E-state index in [9.17, 15) is 41.5 Å². The Labute approximate surface area is 174 Å². The molecule has 0 saturated carbocycles. The number of hydrogen-bond donors (Lipinski definition) is 5. The molecule has 0 aromatic rings. The third-order valence-corrected chi connectivity index (χ3v) is 3.80. The molecule has 0 aliphatic rings. The Balaban J connectivity index is 5.49. The first kappa shape index (κ1) is 28.2. The molecule has 3 atom stereocenters. The van der Waals surface area contributed by atoms with Crippen molar-refractivity contribution in [1.82, 2.24) is 16.0 Å². The summed E-state index contributed by atoms with van der Waals surface area (Å²) in [5, 5.41) is 23.8. The van der Waals surface area contributed by atoms with Gasteiger partial charge in [-0.25, -0.2) is 22.4 Å². The predicted octanol–water partition coefficient (Wildman–Crippen LogP) is 0.152. The lowest BCUT2D eigenvalue weighted by molar-refractivity contribution is -0.151. The zero-order valence-electron chi connectivity index (χ0n) is 16.7. The van der Waals surface area contributed by atoms with Gasteiger partial charge in [-0.3, -0.25) is 19.2 Å². The topological polar surface area (TPSA) is 162 Å². The number of nitrogens with one attached hydrogen (secondary N) is 3. The summed E-state index contributed by atoms with van der Waals surface area (Å²) in [6.45, 7) is 3.24. The summed E-state index contributed by atoms with van der Waals surface area (Å²) in [5.74, 6) is -7.60. The largest absolute Gasteiger partial charge is 0.481 e. The third kappa shape index (κ3) is 11.9. The molecule has 0 rings (SSSR count). The van der Waals surface area contributed by atoms with Crippen molar-refractivity contribution in [2.45, 2.75) is 76.5 Å². The average molecular weight is 459 g/mol. The van der Waals surface area contributed by atoms with Crippen LogP contribution in [0, 0.1) is 0 Å². The number of carboxylic acids is 2. The zero-order valence-corrected chi connectivity index (χ0v) is 16.7. The second-order valence-corrected chi connectivity index (χ2v) is 6.85. The van der Waals surface area contributed by atoms with Gasteiger partial charge in [-0.1, -0.05) is 13.8 Å². The molecule has 0 spiro atoms. The maximum absolute atomic E-state index is 12.9. The molecule has 0 saturated heterocycles. The molecular formula is C17H25F4N3O7. The fourth-order valence-electron chi connectivity index (χ4n) is 2.47. The molecule has 3 unspecified atom stereocenters. The van der Waals surface area contributed by atoms with Crippen LogP contribution < -0.4 is 16.0 Å². The lowest BCUT2D eigenvalue weighted by Gasteiger charge is -2.25. The summed E-state index contributed by atoms with van der Waals surface area (Å²) in [4.78, 5) is 57.7. The van der Waals surface area contributed by atoms with Crippen molar-refractivity contribution in [3.05, 3.63) is 0 Å². The van der Waals surface area contributed by atoms with Gasteiger partial charge in [0.1, 0.15) is 12.1 Å². The Bertz CT molecular complexity index is 662. The van der Waals surface area contributed by atoms with E-state index in [1.807, 2.05) is 5.32 Å². The molecule has 0 aliphatic heterocycles. The quantitative estimate of drug-likeness (QED) is 0.171. The van der Waals surface area contributed by atoms with Gasteiger partial charge in [0.05, 0.1) is 6.04 Å². The van der Waals surface area contributed by atoms with Gasteiger partial charge in [-0.2, -0.15) is 0 Å². The summed E-state index contributed by atoms with van der Waals surface area (Å²) in [7, 11) is 0. The highest BCUT2D eigenvalue weighted by atomic mass is 19.3. The van der Waals surface area contributed by atoms with E-state index in [1.54, 1.807) is 19.2 Å². The molecule has 0 aromatic carbocycles. The van der Waals surface area contributed by atoms with Crippen LogP contribution in [0.25, 0.3) is 0 Å². The van der Waals surface area contributed by atoms with Gasteiger partial charge in [0.25, 0.3) is 5.78 Å². The number of aliphatic carboxylic acids is 2. The molecular weight excluding hydrogens is 434 g/mol. The fourth-order valence-corrected chi connectivity index (χ4v) is 2.47. The minimum atomic E-state index is -3.19. The van der Waals surface area contributed by atoms with Crippen molar-refractivity contribution in [3.8, 4) is 0 Å². The maximum atomic E-state index is 12.9. The van der Waals surface area contributed by atoms with Gasteiger partial charge >= 0.3 is 11.9 Å². The molecule has 2 amide bonds. The lowest BCUT2D eigenvalue weighted by Crippen LogP contribution is -2.57. The summed E-state index contributed by atoms with van der Waals surface area (Å²) >= 11 is 0.